The smallest absolute Gasteiger partial charge is 0.243 e. The average molecular weight is 450 g/mol. The number of hydrogen-bond donors (Lipinski definition) is 0. The van der Waals surface area contributed by atoms with Gasteiger partial charge in [0.05, 0.1) is 44.2 Å². The van der Waals surface area contributed by atoms with Crippen LogP contribution in [-0.4, -0.2) is 89.6 Å². The summed E-state index contributed by atoms with van der Waals surface area (Å²) < 4.78 is 43.6. The van der Waals surface area contributed by atoms with E-state index in [-0.39, 0.29) is 4.90 Å². The van der Waals surface area contributed by atoms with Crippen molar-refractivity contribution in [3.8, 4) is 11.5 Å². The molecule has 10 nitrogen and oxygen atoms in total. The Morgan fingerprint density at radius 3 is 2.29 bits per heavy atom. The summed E-state index contributed by atoms with van der Waals surface area (Å²) in [7, 11) is -0.625. The van der Waals surface area contributed by atoms with Gasteiger partial charge >= 0.3 is 0 Å². The van der Waals surface area contributed by atoms with Gasteiger partial charge in [0.15, 0.2) is 17.3 Å². The maximum Gasteiger partial charge on any atom is 0.243 e. The predicted molar refractivity (Wildman–Crippen MR) is 116 cm³/mol. The van der Waals surface area contributed by atoms with E-state index in [1.54, 1.807) is 18.3 Å². The lowest BCUT2D eigenvalue weighted by Gasteiger charge is -2.35. The molecule has 2 aliphatic rings. The Balaban J connectivity index is 1.45. The van der Waals surface area contributed by atoms with E-state index in [9.17, 15) is 8.42 Å². The molecule has 168 valence electrons. The first-order chi connectivity index (χ1) is 15.0. The minimum absolute atomic E-state index is 0.193. The molecule has 0 aliphatic carbocycles. The van der Waals surface area contributed by atoms with Crippen molar-refractivity contribution in [2.24, 2.45) is 0 Å². The Labute approximate surface area is 182 Å². The summed E-state index contributed by atoms with van der Waals surface area (Å²) in [5.74, 6) is 1.70. The van der Waals surface area contributed by atoms with Gasteiger partial charge in [0, 0.05) is 51.4 Å². The van der Waals surface area contributed by atoms with E-state index in [1.807, 2.05) is 6.07 Å². The molecule has 0 amide bonds. The van der Waals surface area contributed by atoms with Gasteiger partial charge in [-0.3, -0.25) is 0 Å². The first kappa shape index (κ1) is 21.6. The molecule has 3 heterocycles. The minimum Gasteiger partial charge on any atom is -0.493 e. The van der Waals surface area contributed by atoms with Crippen LogP contribution in [0.1, 0.15) is 0 Å². The number of aromatic nitrogens is 2. The van der Waals surface area contributed by atoms with Crippen LogP contribution in [0.25, 0.3) is 0 Å². The molecule has 0 saturated carbocycles. The second-order valence-electron chi connectivity index (χ2n) is 7.28. The fourth-order valence-electron chi connectivity index (χ4n) is 3.78. The number of methoxy groups -OCH3 is 2. The summed E-state index contributed by atoms with van der Waals surface area (Å²) in [5, 5.41) is 8.40. The second kappa shape index (κ2) is 9.25. The summed E-state index contributed by atoms with van der Waals surface area (Å²) >= 11 is 0. The average Bonchev–Trinajstić information content (AvgIpc) is 2.84. The van der Waals surface area contributed by atoms with E-state index >= 15 is 0 Å². The van der Waals surface area contributed by atoms with E-state index in [4.69, 9.17) is 14.2 Å². The van der Waals surface area contributed by atoms with E-state index in [2.05, 4.69) is 20.0 Å². The lowest BCUT2D eigenvalue weighted by molar-refractivity contribution is 0.122. The fourth-order valence-corrected chi connectivity index (χ4v) is 5.22. The first-order valence-electron chi connectivity index (χ1n) is 10.2. The molecule has 1 aromatic carbocycles. The standard InChI is InChI=1S/C20H27N5O5S/c1-28-18-4-3-17(14-19(18)29-2)31(26,27)25-7-5-23(6-8-25)16-13-20(22-21-15-16)24-9-11-30-12-10-24/h3-4,13-15H,5-12H2,1-2H3. The highest BCUT2D eigenvalue weighted by Gasteiger charge is 2.30. The molecule has 2 fully saturated rings. The van der Waals surface area contributed by atoms with Crippen molar-refractivity contribution in [1.82, 2.24) is 14.5 Å². The first-order valence-corrected chi connectivity index (χ1v) is 11.6. The fraction of sp³-hybridized carbons (Fsp3) is 0.500. The molecule has 2 saturated heterocycles. The number of morpholine rings is 1. The van der Waals surface area contributed by atoms with Crippen molar-refractivity contribution in [2.75, 3.05) is 76.5 Å². The van der Waals surface area contributed by atoms with Gasteiger partial charge in [0.1, 0.15) is 0 Å². The van der Waals surface area contributed by atoms with Gasteiger partial charge < -0.3 is 24.0 Å². The summed E-state index contributed by atoms with van der Waals surface area (Å²) in [5.41, 5.74) is 0.944. The van der Waals surface area contributed by atoms with Crippen LogP contribution in [0.2, 0.25) is 0 Å². The number of sulfonamides is 1. The number of benzene rings is 1. The quantitative estimate of drug-likeness (QED) is 0.635. The van der Waals surface area contributed by atoms with Gasteiger partial charge in [-0.2, -0.15) is 9.40 Å². The highest BCUT2D eigenvalue weighted by molar-refractivity contribution is 7.89. The number of piperazine rings is 1. The summed E-state index contributed by atoms with van der Waals surface area (Å²) in [6.45, 7) is 4.83. The summed E-state index contributed by atoms with van der Waals surface area (Å²) in [6.07, 6.45) is 1.72. The Morgan fingerprint density at radius 2 is 1.61 bits per heavy atom. The van der Waals surface area contributed by atoms with Gasteiger partial charge in [-0.1, -0.05) is 0 Å². The summed E-state index contributed by atoms with van der Waals surface area (Å²) in [4.78, 5) is 4.48. The molecule has 2 aromatic rings. The van der Waals surface area contributed by atoms with E-state index in [0.29, 0.717) is 50.9 Å². The molecular weight excluding hydrogens is 422 g/mol. The summed E-state index contributed by atoms with van der Waals surface area (Å²) in [6, 6.07) is 6.67. The molecule has 31 heavy (non-hydrogen) atoms. The minimum atomic E-state index is -3.63. The Morgan fingerprint density at radius 1 is 0.903 bits per heavy atom. The molecule has 2 aliphatic heterocycles. The van der Waals surface area contributed by atoms with Crippen LogP contribution in [-0.2, 0) is 14.8 Å². The van der Waals surface area contributed by atoms with Crippen LogP contribution in [0.3, 0.4) is 0 Å². The van der Waals surface area contributed by atoms with Crippen LogP contribution < -0.4 is 19.3 Å². The van der Waals surface area contributed by atoms with Crippen molar-refractivity contribution >= 4 is 21.5 Å². The van der Waals surface area contributed by atoms with Crippen LogP contribution in [0.4, 0.5) is 11.5 Å². The highest BCUT2D eigenvalue weighted by atomic mass is 32.2. The number of hydrogen-bond acceptors (Lipinski definition) is 9. The van der Waals surface area contributed by atoms with Crippen LogP contribution in [0.15, 0.2) is 35.4 Å². The lowest BCUT2D eigenvalue weighted by Crippen LogP contribution is -2.48. The maximum absolute atomic E-state index is 13.1. The third kappa shape index (κ3) is 4.53. The Kier molecular flexibility index (Phi) is 6.44. The number of nitrogens with zero attached hydrogens (tertiary/aromatic N) is 5. The third-order valence-corrected chi connectivity index (χ3v) is 7.45. The molecule has 0 spiro atoms. The van der Waals surface area contributed by atoms with Crippen LogP contribution in [0, 0.1) is 0 Å². The maximum atomic E-state index is 13.1. The van der Waals surface area contributed by atoms with Crippen molar-refractivity contribution in [3.05, 3.63) is 30.5 Å². The molecule has 0 bridgehead atoms. The molecular formula is C20H27N5O5S. The lowest BCUT2D eigenvalue weighted by atomic mass is 10.3. The Bertz CT molecular complexity index is 1000. The zero-order chi connectivity index (χ0) is 21.8. The zero-order valence-electron chi connectivity index (χ0n) is 17.7. The monoisotopic (exact) mass is 449 g/mol. The third-order valence-electron chi connectivity index (χ3n) is 5.56. The topological polar surface area (TPSA) is 97.3 Å². The van der Waals surface area contributed by atoms with Crippen molar-refractivity contribution in [2.45, 2.75) is 4.90 Å². The normalized spacial score (nSPS) is 18.1. The van der Waals surface area contributed by atoms with Crippen LogP contribution >= 0.6 is 0 Å². The molecule has 0 radical (unpaired) electrons. The van der Waals surface area contributed by atoms with Crippen molar-refractivity contribution in [1.29, 1.82) is 0 Å². The zero-order valence-corrected chi connectivity index (χ0v) is 18.5. The highest BCUT2D eigenvalue weighted by Crippen LogP contribution is 2.31. The molecule has 0 unspecified atom stereocenters. The molecule has 0 N–H and O–H groups in total. The second-order valence-corrected chi connectivity index (χ2v) is 9.22. The van der Waals surface area contributed by atoms with Gasteiger partial charge in [-0.05, 0) is 12.1 Å². The van der Waals surface area contributed by atoms with Crippen molar-refractivity contribution in [3.63, 3.8) is 0 Å². The molecule has 0 atom stereocenters. The van der Waals surface area contributed by atoms with Gasteiger partial charge in [0.2, 0.25) is 10.0 Å². The number of anilines is 2. The van der Waals surface area contributed by atoms with Gasteiger partial charge in [-0.25, -0.2) is 8.42 Å². The molecule has 11 heteroatoms. The van der Waals surface area contributed by atoms with E-state index in [1.165, 1.54) is 24.6 Å². The van der Waals surface area contributed by atoms with E-state index in [0.717, 1.165) is 24.6 Å². The largest absolute Gasteiger partial charge is 0.493 e. The molecule has 4 rings (SSSR count). The number of rotatable bonds is 6. The van der Waals surface area contributed by atoms with Gasteiger partial charge in [0.25, 0.3) is 0 Å². The van der Waals surface area contributed by atoms with Crippen molar-refractivity contribution < 1.29 is 22.6 Å². The predicted octanol–water partition coefficient (Wildman–Crippen LogP) is 0.841. The van der Waals surface area contributed by atoms with Crippen LogP contribution in [0.5, 0.6) is 11.5 Å². The SMILES string of the molecule is COc1ccc(S(=O)(=O)N2CCN(c3cnnc(N4CCOCC4)c3)CC2)cc1OC. The van der Waals surface area contributed by atoms with Gasteiger partial charge in [-0.15, -0.1) is 5.10 Å². The Hall–Kier alpha value is -2.63. The molecule has 1 aromatic heterocycles. The number of ether oxygens (including phenoxy) is 3. The van der Waals surface area contributed by atoms with E-state index < -0.39 is 10.0 Å².